The molecule has 0 amide bonds. The lowest BCUT2D eigenvalue weighted by atomic mass is 10.1. The van der Waals surface area contributed by atoms with Crippen LogP contribution in [0.1, 0.15) is 45.4 Å². The topological polar surface area (TPSA) is 27.3 Å². The van der Waals surface area contributed by atoms with E-state index in [0.717, 1.165) is 19.4 Å². The van der Waals surface area contributed by atoms with Crippen LogP contribution in [0.5, 0.6) is 0 Å². The molecule has 1 aliphatic rings. The summed E-state index contributed by atoms with van der Waals surface area (Å²) >= 11 is 0. The molecule has 0 spiro atoms. The van der Waals surface area contributed by atoms with Gasteiger partial charge in [0.1, 0.15) is 0 Å². The second-order valence-electron chi connectivity index (χ2n) is 4.36. The molecule has 1 rings (SSSR count). The van der Waals surface area contributed by atoms with Gasteiger partial charge in [0.2, 0.25) is 0 Å². The van der Waals surface area contributed by atoms with Gasteiger partial charge in [-0.15, -0.1) is 18.7 Å². The van der Waals surface area contributed by atoms with Crippen molar-refractivity contribution in [2.75, 3.05) is 6.54 Å². The van der Waals surface area contributed by atoms with Gasteiger partial charge >= 0.3 is 0 Å². The van der Waals surface area contributed by atoms with E-state index in [1.807, 2.05) is 12.2 Å². The molecule has 17 heavy (non-hydrogen) atoms. The Balaban J connectivity index is 2.51. The number of hydrazine groups is 2. The maximum atomic E-state index is 3.82. The van der Waals surface area contributed by atoms with E-state index in [0.29, 0.717) is 0 Å². The molecule has 0 bridgehead atoms. The summed E-state index contributed by atoms with van der Waals surface area (Å²) in [6.45, 7) is 10.6. The second kappa shape index (κ2) is 7.96. The van der Waals surface area contributed by atoms with Crippen molar-refractivity contribution in [2.45, 2.75) is 45.4 Å². The van der Waals surface area contributed by atoms with Gasteiger partial charge in [-0.1, -0.05) is 38.3 Å². The molecule has 0 aromatic carbocycles. The first-order valence-electron chi connectivity index (χ1n) is 6.56. The van der Waals surface area contributed by atoms with Gasteiger partial charge in [0.15, 0.2) is 0 Å². The molecule has 1 heterocycles. The van der Waals surface area contributed by atoms with E-state index >= 15 is 0 Å². The lowest BCUT2D eigenvalue weighted by molar-refractivity contribution is 0.273. The summed E-state index contributed by atoms with van der Waals surface area (Å²) in [4.78, 5) is 0. The molecule has 3 nitrogen and oxygen atoms in total. The molecule has 0 aliphatic carbocycles. The molecule has 0 radical (unpaired) electrons. The fraction of sp³-hybridized carbons (Fsp3) is 0.571. The number of rotatable bonds is 9. The number of unbranched alkanes of at least 4 members (excludes halogenated alkanes) is 3. The Hall–Kier alpha value is -1.22. The van der Waals surface area contributed by atoms with Crippen LogP contribution in [0.25, 0.3) is 0 Å². The van der Waals surface area contributed by atoms with Gasteiger partial charge in [0.05, 0.1) is 12.2 Å². The Morgan fingerprint density at radius 1 is 1.18 bits per heavy atom. The van der Waals surface area contributed by atoms with Crippen LogP contribution in [0.4, 0.5) is 0 Å². The molecular formula is C14H25N3. The van der Waals surface area contributed by atoms with Crippen molar-refractivity contribution < 1.29 is 0 Å². The van der Waals surface area contributed by atoms with E-state index in [9.17, 15) is 0 Å². The predicted octanol–water partition coefficient (Wildman–Crippen LogP) is 3.26. The van der Waals surface area contributed by atoms with Crippen LogP contribution in [-0.2, 0) is 0 Å². The zero-order valence-electron chi connectivity index (χ0n) is 11.0. The molecule has 0 fully saturated rings. The number of nitrogens with one attached hydrogen (secondary N) is 2. The summed E-state index contributed by atoms with van der Waals surface area (Å²) < 4.78 is 0. The van der Waals surface area contributed by atoms with E-state index < -0.39 is 0 Å². The van der Waals surface area contributed by atoms with Gasteiger partial charge in [-0.05, 0) is 12.8 Å². The standard InChI is InChI=1S/C14H25N3/c1-4-7-8-9-11-13-14(10-5-2)17(12-6-3)16-15-13/h5-6,15-16H,2-4,7-12H2,1H3. The molecule has 0 aromatic rings. The molecule has 0 unspecified atom stereocenters. The summed E-state index contributed by atoms with van der Waals surface area (Å²) in [6, 6.07) is 0. The molecule has 0 aromatic heterocycles. The Morgan fingerprint density at radius 2 is 2.00 bits per heavy atom. The maximum Gasteiger partial charge on any atom is 0.0556 e. The van der Waals surface area contributed by atoms with Crippen molar-refractivity contribution >= 4 is 0 Å². The second-order valence-corrected chi connectivity index (χ2v) is 4.36. The summed E-state index contributed by atoms with van der Waals surface area (Å²) in [5, 5.41) is 2.10. The van der Waals surface area contributed by atoms with Crippen LogP contribution in [0.3, 0.4) is 0 Å². The van der Waals surface area contributed by atoms with Crippen LogP contribution in [0.2, 0.25) is 0 Å². The normalized spacial score (nSPS) is 15.0. The van der Waals surface area contributed by atoms with E-state index in [-0.39, 0.29) is 0 Å². The molecule has 1 aliphatic heterocycles. The van der Waals surface area contributed by atoms with Gasteiger partial charge in [0.25, 0.3) is 0 Å². The Bertz CT molecular complexity index is 281. The van der Waals surface area contributed by atoms with Crippen LogP contribution >= 0.6 is 0 Å². The zero-order valence-corrected chi connectivity index (χ0v) is 11.0. The first kappa shape index (κ1) is 13.8. The lowest BCUT2D eigenvalue weighted by Gasteiger charge is -2.18. The fourth-order valence-electron chi connectivity index (χ4n) is 2.03. The molecule has 0 atom stereocenters. The molecule has 0 saturated heterocycles. The third-order valence-electron chi connectivity index (χ3n) is 2.95. The molecule has 96 valence electrons. The number of hydrogen-bond donors (Lipinski definition) is 2. The smallest absolute Gasteiger partial charge is 0.0556 e. The first-order valence-corrected chi connectivity index (χ1v) is 6.56. The number of nitrogens with zero attached hydrogens (tertiary/aromatic N) is 1. The van der Waals surface area contributed by atoms with Gasteiger partial charge in [0, 0.05) is 12.1 Å². The number of allylic oxidation sites excluding steroid dienone is 2. The highest BCUT2D eigenvalue weighted by Gasteiger charge is 2.18. The lowest BCUT2D eigenvalue weighted by Crippen LogP contribution is -2.37. The Kier molecular flexibility index (Phi) is 6.48. The molecule has 0 saturated carbocycles. The van der Waals surface area contributed by atoms with Crippen molar-refractivity contribution in [3.8, 4) is 0 Å². The first-order chi connectivity index (χ1) is 8.33. The third kappa shape index (κ3) is 4.27. The molecule has 3 heteroatoms. The van der Waals surface area contributed by atoms with Gasteiger partial charge in [-0.2, -0.15) is 0 Å². The van der Waals surface area contributed by atoms with E-state index in [4.69, 9.17) is 0 Å². The zero-order chi connectivity index (χ0) is 12.5. The van der Waals surface area contributed by atoms with E-state index in [1.165, 1.54) is 37.1 Å². The summed E-state index contributed by atoms with van der Waals surface area (Å²) in [5.74, 6) is 0. The number of hydrogen-bond acceptors (Lipinski definition) is 3. The predicted molar refractivity (Wildman–Crippen MR) is 73.8 cm³/mol. The van der Waals surface area contributed by atoms with Crippen LogP contribution < -0.4 is 11.0 Å². The average molecular weight is 235 g/mol. The highest BCUT2D eigenvalue weighted by molar-refractivity contribution is 5.17. The monoisotopic (exact) mass is 235 g/mol. The quantitative estimate of drug-likeness (QED) is 0.474. The van der Waals surface area contributed by atoms with E-state index in [2.05, 4.69) is 36.1 Å². The van der Waals surface area contributed by atoms with Crippen LogP contribution in [0, 0.1) is 0 Å². The minimum absolute atomic E-state index is 0.814. The van der Waals surface area contributed by atoms with Gasteiger partial charge in [-0.3, -0.25) is 5.01 Å². The third-order valence-corrected chi connectivity index (χ3v) is 2.95. The maximum absolute atomic E-state index is 3.82. The summed E-state index contributed by atoms with van der Waals surface area (Å²) in [5.41, 5.74) is 9.05. The minimum atomic E-state index is 0.814. The molecular weight excluding hydrogens is 210 g/mol. The minimum Gasteiger partial charge on any atom is -0.306 e. The van der Waals surface area contributed by atoms with Crippen molar-refractivity contribution in [3.63, 3.8) is 0 Å². The largest absolute Gasteiger partial charge is 0.306 e. The molecule has 2 N–H and O–H groups in total. The Morgan fingerprint density at radius 3 is 2.65 bits per heavy atom. The van der Waals surface area contributed by atoms with Crippen molar-refractivity contribution in [1.29, 1.82) is 0 Å². The van der Waals surface area contributed by atoms with Crippen LogP contribution in [0.15, 0.2) is 36.7 Å². The van der Waals surface area contributed by atoms with Crippen LogP contribution in [-0.4, -0.2) is 11.6 Å². The average Bonchev–Trinajstić information content (AvgIpc) is 2.69. The summed E-state index contributed by atoms with van der Waals surface area (Å²) in [7, 11) is 0. The van der Waals surface area contributed by atoms with Gasteiger partial charge in [-0.25, -0.2) is 0 Å². The highest BCUT2D eigenvalue weighted by atomic mass is 15.7. The summed E-state index contributed by atoms with van der Waals surface area (Å²) in [6.07, 6.45) is 11.0. The van der Waals surface area contributed by atoms with Crippen molar-refractivity contribution in [1.82, 2.24) is 16.0 Å². The van der Waals surface area contributed by atoms with E-state index in [1.54, 1.807) is 0 Å². The SMILES string of the molecule is C=CCC1=C(CCCCCC)NNN1CC=C. The fourth-order valence-corrected chi connectivity index (χ4v) is 2.03. The Labute approximate surface area is 105 Å². The van der Waals surface area contributed by atoms with Gasteiger partial charge < -0.3 is 5.43 Å². The van der Waals surface area contributed by atoms with Crippen molar-refractivity contribution in [2.24, 2.45) is 0 Å². The highest BCUT2D eigenvalue weighted by Crippen LogP contribution is 2.20. The van der Waals surface area contributed by atoms with Crippen molar-refractivity contribution in [3.05, 3.63) is 36.7 Å².